The molecule has 1 heterocycles. The number of carbonyl (C=O) groups is 1. The minimum absolute atomic E-state index is 0.212. The summed E-state index contributed by atoms with van der Waals surface area (Å²) in [6.45, 7) is 4.86. The second-order valence-electron chi connectivity index (χ2n) is 5.02. The summed E-state index contributed by atoms with van der Waals surface area (Å²) >= 11 is 1.64. The Hall–Kier alpha value is -0.900. The maximum atomic E-state index is 11.8. The third kappa shape index (κ3) is 3.28. The second-order valence-corrected chi connectivity index (χ2v) is 5.96. The van der Waals surface area contributed by atoms with Crippen LogP contribution in [0, 0.1) is 5.92 Å². The highest BCUT2D eigenvalue weighted by Crippen LogP contribution is 2.25. The Morgan fingerprint density at radius 3 is 2.82 bits per heavy atom. The number of rotatable bonds is 4. The lowest BCUT2D eigenvalue weighted by Gasteiger charge is -2.08. The molecule has 94 valence electrons. The van der Waals surface area contributed by atoms with E-state index in [0.29, 0.717) is 12.5 Å². The summed E-state index contributed by atoms with van der Waals surface area (Å²) in [5.74, 6) is 0.925. The maximum absolute atomic E-state index is 11.8. The van der Waals surface area contributed by atoms with E-state index in [9.17, 15) is 4.79 Å². The molecule has 3 nitrogen and oxygen atoms in total. The number of nitrogens with zero attached hydrogens (tertiary/aromatic N) is 1. The summed E-state index contributed by atoms with van der Waals surface area (Å²) < 4.78 is 0. The number of aromatic nitrogens is 1. The minimum Gasteiger partial charge on any atom is -0.349 e. The summed E-state index contributed by atoms with van der Waals surface area (Å²) in [7, 11) is 0. The van der Waals surface area contributed by atoms with Gasteiger partial charge in [-0.05, 0) is 18.8 Å². The quantitative estimate of drug-likeness (QED) is 0.894. The van der Waals surface area contributed by atoms with Crippen molar-refractivity contribution in [3.05, 3.63) is 16.1 Å². The van der Waals surface area contributed by atoms with Gasteiger partial charge in [-0.25, -0.2) is 4.98 Å². The standard InChI is InChI=1S/C13H20N2OS/c1-9(2)11-8-17-12(15-11)7-14-13(16)10-5-3-4-6-10/h8-10H,3-7H2,1-2H3,(H,14,16). The van der Waals surface area contributed by atoms with E-state index in [-0.39, 0.29) is 11.8 Å². The van der Waals surface area contributed by atoms with Gasteiger partial charge in [0.1, 0.15) is 5.01 Å². The molecular formula is C13H20N2OS. The van der Waals surface area contributed by atoms with Gasteiger partial charge in [0, 0.05) is 11.3 Å². The number of nitrogens with one attached hydrogen (secondary N) is 1. The highest BCUT2D eigenvalue weighted by Gasteiger charge is 2.22. The van der Waals surface area contributed by atoms with E-state index in [2.05, 4.69) is 29.5 Å². The highest BCUT2D eigenvalue weighted by molar-refractivity contribution is 7.09. The predicted octanol–water partition coefficient (Wildman–Crippen LogP) is 3.07. The molecule has 17 heavy (non-hydrogen) atoms. The number of hydrogen-bond acceptors (Lipinski definition) is 3. The molecule has 0 bridgehead atoms. The van der Waals surface area contributed by atoms with E-state index in [1.807, 2.05) is 0 Å². The summed E-state index contributed by atoms with van der Waals surface area (Å²) in [5, 5.41) is 6.10. The van der Waals surface area contributed by atoms with Gasteiger partial charge < -0.3 is 5.32 Å². The summed E-state index contributed by atoms with van der Waals surface area (Å²) in [6.07, 6.45) is 4.52. The molecule has 2 rings (SSSR count). The molecular weight excluding hydrogens is 232 g/mol. The topological polar surface area (TPSA) is 42.0 Å². The van der Waals surface area contributed by atoms with E-state index in [1.165, 1.54) is 12.8 Å². The van der Waals surface area contributed by atoms with Crippen LogP contribution in [0.1, 0.15) is 56.2 Å². The molecule has 1 aliphatic carbocycles. The first kappa shape index (κ1) is 12.6. The van der Waals surface area contributed by atoms with Crippen LogP contribution in [0.15, 0.2) is 5.38 Å². The number of amides is 1. The van der Waals surface area contributed by atoms with Crippen molar-refractivity contribution in [1.82, 2.24) is 10.3 Å². The molecule has 1 N–H and O–H groups in total. The van der Waals surface area contributed by atoms with Gasteiger partial charge in [-0.3, -0.25) is 4.79 Å². The molecule has 1 aliphatic rings. The van der Waals surface area contributed by atoms with E-state index < -0.39 is 0 Å². The Bertz CT molecular complexity index is 381. The third-order valence-corrected chi connectivity index (χ3v) is 4.17. The van der Waals surface area contributed by atoms with Crippen molar-refractivity contribution < 1.29 is 4.79 Å². The van der Waals surface area contributed by atoms with Crippen LogP contribution in [-0.4, -0.2) is 10.9 Å². The molecule has 1 aromatic rings. The van der Waals surface area contributed by atoms with E-state index in [1.54, 1.807) is 11.3 Å². The van der Waals surface area contributed by atoms with Gasteiger partial charge in [-0.15, -0.1) is 11.3 Å². The smallest absolute Gasteiger partial charge is 0.223 e. The zero-order chi connectivity index (χ0) is 12.3. The van der Waals surface area contributed by atoms with Crippen molar-refractivity contribution in [2.45, 2.75) is 52.0 Å². The van der Waals surface area contributed by atoms with Gasteiger partial charge in [0.15, 0.2) is 0 Å². The van der Waals surface area contributed by atoms with Crippen LogP contribution in [0.3, 0.4) is 0 Å². The molecule has 4 heteroatoms. The van der Waals surface area contributed by atoms with E-state index in [4.69, 9.17) is 0 Å². The van der Waals surface area contributed by atoms with Crippen LogP contribution < -0.4 is 5.32 Å². The van der Waals surface area contributed by atoms with Crippen LogP contribution >= 0.6 is 11.3 Å². The molecule has 1 amide bonds. The number of thiazole rings is 1. The summed E-state index contributed by atoms with van der Waals surface area (Å²) in [6, 6.07) is 0. The Balaban J connectivity index is 1.82. The fourth-order valence-electron chi connectivity index (χ4n) is 2.17. The van der Waals surface area contributed by atoms with Crippen molar-refractivity contribution in [2.24, 2.45) is 5.92 Å². The van der Waals surface area contributed by atoms with E-state index in [0.717, 1.165) is 23.5 Å². The molecule has 0 spiro atoms. The summed E-state index contributed by atoms with van der Waals surface area (Å²) in [4.78, 5) is 16.3. The molecule has 0 unspecified atom stereocenters. The fourth-order valence-corrected chi connectivity index (χ4v) is 3.06. The first-order chi connectivity index (χ1) is 8.16. The van der Waals surface area contributed by atoms with Crippen LogP contribution in [0.5, 0.6) is 0 Å². The Morgan fingerprint density at radius 2 is 2.24 bits per heavy atom. The average Bonchev–Trinajstić information content (AvgIpc) is 2.97. The Morgan fingerprint density at radius 1 is 1.53 bits per heavy atom. The minimum atomic E-state index is 0.212. The van der Waals surface area contributed by atoms with Gasteiger partial charge in [-0.2, -0.15) is 0 Å². The zero-order valence-corrected chi connectivity index (χ0v) is 11.3. The van der Waals surface area contributed by atoms with Crippen LogP contribution in [0.4, 0.5) is 0 Å². The van der Waals surface area contributed by atoms with Gasteiger partial charge in [0.05, 0.1) is 12.2 Å². The van der Waals surface area contributed by atoms with Crippen molar-refractivity contribution in [3.8, 4) is 0 Å². The lowest BCUT2D eigenvalue weighted by Crippen LogP contribution is -2.28. The van der Waals surface area contributed by atoms with Crippen molar-refractivity contribution in [3.63, 3.8) is 0 Å². The Labute approximate surface area is 107 Å². The highest BCUT2D eigenvalue weighted by atomic mass is 32.1. The van der Waals surface area contributed by atoms with Crippen LogP contribution in [0.2, 0.25) is 0 Å². The van der Waals surface area contributed by atoms with Crippen molar-refractivity contribution in [1.29, 1.82) is 0 Å². The molecule has 0 saturated heterocycles. The van der Waals surface area contributed by atoms with Gasteiger partial charge in [-0.1, -0.05) is 26.7 Å². The SMILES string of the molecule is CC(C)c1csc(CNC(=O)C2CCCC2)n1. The van der Waals surface area contributed by atoms with Gasteiger partial charge in [0.25, 0.3) is 0 Å². The molecule has 0 aliphatic heterocycles. The predicted molar refractivity (Wildman–Crippen MR) is 70.0 cm³/mol. The first-order valence-corrected chi connectivity index (χ1v) is 7.27. The third-order valence-electron chi connectivity index (χ3n) is 3.30. The molecule has 0 aromatic carbocycles. The van der Waals surface area contributed by atoms with Crippen LogP contribution in [0.25, 0.3) is 0 Å². The molecule has 1 aromatic heterocycles. The first-order valence-electron chi connectivity index (χ1n) is 6.39. The van der Waals surface area contributed by atoms with Gasteiger partial charge >= 0.3 is 0 Å². The lowest BCUT2D eigenvalue weighted by atomic mass is 10.1. The maximum Gasteiger partial charge on any atom is 0.223 e. The Kier molecular flexibility index (Phi) is 4.15. The molecule has 1 saturated carbocycles. The monoisotopic (exact) mass is 252 g/mol. The molecule has 0 atom stereocenters. The largest absolute Gasteiger partial charge is 0.349 e. The summed E-state index contributed by atoms with van der Waals surface area (Å²) in [5.41, 5.74) is 1.13. The number of carbonyl (C=O) groups excluding carboxylic acids is 1. The van der Waals surface area contributed by atoms with Crippen molar-refractivity contribution in [2.75, 3.05) is 0 Å². The fraction of sp³-hybridized carbons (Fsp3) is 0.692. The second kappa shape index (κ2) is 5.63. The lowest BCUT2D eigenvalue weighted by molar-refractivity contribution is -0.124. The average molecular weight is 252 g/mol. The normalized spacial score (nSPS) is 16.6. The zero-order valence-electron chi connectivity index (χ0n) is 10.5. The molecule has 1 fully saturated rings. The van der Waals surface area contributed by atoms with Gasteiger partial charge in [0.2, 0.25) is 5.91 Å². The van der Waals surface area contributed by atoms with Crippen molar-refractivity contribution >= 4 is 17.2 Å². The number of hydrogen-bond donors (Lipinski definition) is 1. The van der Waals surface area contributed by atoms with Crippen LogP contribution in [-0.2, 0) is 11.3 Å². The van der Waals surface area contributed by atoms with E-state index >= 15 is 0 Å². The molecule has 0 radical (unpaired) electrons.